The van der Waals surface area contributed by atoms with Crippen LogP contribution in [0.4, 0.5) is 0 Å². The van der Waals surface area contributed by atoms with Gasteiger partial charge in [-0.15, -0.1) is 0 Å². The number of hydrogen-bond acceptors (Lipinski definition) is 1. The fraction of sp³-hybridized carbons (Fsp3) is 0.241. The molecule has 1 aliphatic rings. The van der Waals surface area contributed by atoms with E-state index in [4.69, 9.17) is 4.74 Å². The molecule has 30 heavy (non-hydrogen) atoms. The number of methoxy groups -OCH3 is 1. The molecule has 0 heterocycles. The summed E-state index contributed by atoms with van der Waals surface area (Å²) >= 11 is 0. The van der Waals surface area contributed by atoms with Gasteiger partial charge in [0.15, 0.2) is 0 Å². The summed E-state index contributed by atoms with van der Waals surface area (Å²) in [4.78, 5) is 0. The third kappa shape index (κ3) is 2.84. The van der Waals surface area contributed by atoms with E-state index >= 15 is 0 Å². The third-order valence-electron chi connectivity index (χ3n) is 6.78. The molecule has 4 rings (SSSR count). The van der Waals surface area contributed by atoms with Crippen LogP contribution in [0.1, 0.15) is 55.9 Å². The highest BCUT2D eigenvalue weighted by Crippen LogP contribution is 2.53. The molecule has 0 spiro atoms. The lowest BCUT2D eigenvalue weighted by atomic mass is 9.73. The molecule has 0 aliphatic heterocycles. The van der Waals surface area contributed by atoms with Gasteiger partial charge in [0.25, 0.3) is 0 Å². The second-order valence-corrected chi connectivity index (χ2v) is 7.95. The molecule has 0 saturated heterocycles. The summed E-state index contributed by atoms with van der Waals surface area (Å²) in [5.41, 5.74) is 10.3. The minimum absolute atomic E-state index is 0.0615. The van der Waals surface area contributed by atoms with Crippen LogP contribution in [0.5, 0.6) is 5.75 Å². The summed E-state index contributed by atoms with van der Waals surface area (Å²) in [6.45, 7) is 10.7. The Hall–Kier alpha value is -3.06. The van der Waals surface area contributed by atoms with E-state index in [0.29, 0.717) is 0 Å². The molecule has 0 aromatic heterocycles. The van der Waals surface area contributed by atoms with Gasteiger partial charge >= 0.3 is 0 Å². The first-order chi connectivity index (χ1) is 14.6. The van der Waals surface area contributed by atoms with Crippen LogP contribution in [-0.4, -0.2) is 7.11 Å². The monoisotopic (exact) mass is 394 g/mol. The van der Waals surface area contributed by atoms with Crippen molar-refractivity contribution in [2.24, 2.45) is 0 Å². The molecule has 152 valence electrons. The number of fused-ring (bicyclic) bond motifs is 3. The van der Waals surface area contributed by atoms with Crippen molar-refractivity contribution in [3.8, 4) is 28.0 Å². The fourth-order valence-corrected chi connectivity index (χ4v) is 5.23. The molecule has 0 radical (unpaired) electrons. The molecule has 1 nitrogen and oxygen atoms in total. The van der Waals surface area contributed by atoms with Gasteiger partial charge in [-0.1, -0.05) is 81.1 Å². The minimum Gasteiger partial charge on any atom is -0.496 e. The van der Waals surface area contributed by atoms with Crippen molar-refractivity contribution in [2.45, 2.75) is 39.0 Å². The Labute approximate surface area is 180 Å². The Morgan fingerprint density at radius 1 is 0.933 bits per heavy atom. The van der Waals surface area contributed by atoms with Crippen LogP contribution in [0.25, 0.3) is 34.4 Å². The van der Waals surface area contributed by atoms with Crippen molar-refractivity contribution < 1.29 is 4.74 Å². The standard InChI is InChI=1S/C29H30O/c1-6-12-22-20(7-2)16-18-27(30-5)28(22)21-15-17-24-23-13-10-11-14-25(23)29(8-3,9-4)26(24)19-21/h6-7,10-19H,2,8-9H2,1,3-5H3/b12-6-. The SMILES string of the molecule is C=Cc1ccc(OC)c(-c2ccc3c(c2)C(CC)(CC)c2ccccc2-3)c1/C=C\C. The Kier molecular flexibility index (Phi) is 5.39. The van der Waals surface area contributed by atoms with Crippen LogP contribution in [-0.2, 0) is 5.41 Å². The lowest BCUT2D eigenvalue weighted by Gasteiger charge is -2.30. The van der Waals surface area contributed by atoms with Crippen LogP contribution >= 0.6 is 0 Å². The zero-order chi connectivity index (χ0) is 21.3. The zero-order valence-electron chi connectivity index (χ0n) is 18.5. The van der Waals surface area contributed by atoms with Gasteiger partial charge in [-0.05, 0) is 70.8 Å². The van der Waals surface area contributed by atoms with Crippen molar-refractivity contribution in [1.29, 1.82) is 0 Å². The topological polar surface area (TPSA) is 9.23 Å². The Morgan fingerprint density at radius 3 is 2.33 bits per heavy atom. The minimum atomic E-state index is 0.0615. The Balaban J connectivity index is 2.02. The molecule has 1 heteroatoms. The maximum atomic E-state index is 5.80. The van der Waals surface area contributed by atoms with Crippen LogP contribution in [0, 0.1) is 0 Å². The van der Waals surface area contributed by atoms with Crippen molar-refractivity contribution in [2.75, 3.05) is 7.11 Å². The smallest absolute Gasteiger partial charge is 0.127 e. The van der Waals surface area contributed by atoms with Gasteiger partial charge in [-0.2, -0.15) is 0 Å². The summed E-state index contributed by atoms with van der Waals surface area (Å²) in [5.74, 6) is 0.891. The fourth-order valence-electron chi connectivity index (χ4n) is 5.23. The first kappa shape index (κ1) is 20.2. The van der Waals surface area contributed by atoms with E-state index in [-0.39, 0.29) is 5.41 Å². The van der Waals surface area contributed by atoms with Gasteiger partial charge in [-0.3, -0.25) is 0 Å². The largest absolute Gasteiger partial charge is 0.496 e. The normalized spacial score (nSPS) is 13.9. The average Bonchev–Trinajstić information content (AvgIpc) is 3.08. The van der Waals surface area contributed by atoms with E-state index in [9.17, 15) is 0 Å². The van der Waals surface area contributed by atoms with E-state index in [2.05, 4.69) is 88.0 Å². The third-order valence-corrected chi connectivity index (χ3v) is 6.78. The van der Waals surface area contributed by atoms with Crippen LogP contribution < -0.4 is 4.74 Å². The molecule has 0 atom stereocenters. The lowest BCUT2D eigenvalue weighted by Crippen LogP contribution is -2.23. The highest BCUT2D eigenvalue weighted by Gasteiger charge is 2.40. The Bertz CT molecular complexity index is 1130. The van der Waals surface area contributed by atoms with E-state index in [1.807, 2.05) is 12.1 Å². The van der Waals surface area contributed by atoms with Gasteiger partial charge in [0.2, 0.25) is 0 Å². The maximum Gasteiger partial charge on any atom is 0.127 e. The van der Waals surface area contributed by atoms with Crippen LogP contribution in [0.15, 0.2) is 67.3 Å². The first-order valence-electron chi connectivity index (χ1n) is 10.9. The van der Waals surface area contributed by atoms with Gasteiger partial charge < -0.3 is 4.74 Å². The second-order valence-electron chi connectivity index (χ2n) is 7.95. The van der Waals surface area contributed by atoms with Crippen LogP contribution in [0.2, 0.25) is 0 Å². The second kappa shape index (κ2) is 7.99. The average molecular weight is 395 g/mol. The highest BCUT2D eigenvalue weighted by molar-refractivity contribution is 5.89. The number of rotatable bonds is 6. The van der Waals surface area contributed by atoms with Gasteiger partial charge in [0.05, 0.1) is 7.11 Å². The number of ether oxygens (including phenoxy) is 1. The molecular formula is C29H30O. The first-order valence-corrected chi connectivity index (χ1v) is 10.9. The highest BCUT2D eigenvalue weighted by atomic mass is 16.5. The molecule has 0 bridgehead atoms. The maximum absolute atomic E-state index is 5.80. The van der Waals surface area contributed by atoms with E-state index in [1.165, 1.54) is 27.8 Å². The van der Waals surface area contributed by atoms with Crippen molar-refractivity contribution in [3.05, 3.63) is 89.5 Å². The lowest BCUT2D eigenvalue weighted by molar-refractivity contribution is 0.416. The molecule has 0 amide bonds. The summed E-state index contributed by atoms with van der Waals surface area (Å²) < 4.78 is 5.80. The van der Waals surface area contributed by atoms with Crippen LogP contribution in [0.3, 0.4) is 0 Å². The molecule has 3 aromatic rings. The van der Waals surface area contributed by atoms with E-state index in [1.54, 1.807) is 7.11 Å². The number of benzene rings is 3. The Morgan fingerprint density at radius 2 is 1.67 bits per heavy atom. The molecule has 1 aliphatic carbocycles. The summed E-state index contributed by atoms with van der Waals surface area (Å²) in [6.07, 6.45) is 8.33. The molecular weight excluding hydrogens is 364 g/mol. The van der Waals surface area contributed by atoms with Gasteiger partial charge in [0, 0.05) is 11.0 Å². The predicted octanol–water partition coefficient (Wildman–Crippen LogP) is 8.12. The number of allylic oxidation sites excluding steroid dienone is 1. The van der Waals surface area contributed by atoms with Gasteiger partial charge in [0.1, 0.15) is 5.75 Å². The molecule has 0 unspecified atom stereocenters. The van der Waals surface area contributed by atoms with Crippen molar-refractivity contribution >= 4 is 12.2 Å². The van der Waals surface area contributed by atoms with E-state index < -0.39 is 0 Å². The molecule has 3 aromatic carbocycles. The summed E-state index contributed by atoms with van der Waals surface area (Å²) in [7, 11) is 1.75. The van der Waals surface area contributed by atoms with Gasteiger partial charge in [-0.25, -0.2) is 0 Å². The zero-order valence-corrected chi connectivity index (χ0v) is 18.5. The molecule has 0 fully saturated rings. The summed E-state index contributed by atoms with van der Waals surface area (Å²) in [5, 5.41) is 0. The number of hydrogen-bond donors (Lipinski definition) is 0. The van der Waals surface area contributed by atoms with E-state index in [0.717, 1.165) is 35.3 Å². The predicted molar refractivity (Wildman–Crippen MR) is 130 cm³/mol. The molecule has 0 N–H and O–H groups in total. The van der Waals surface area contributed by atoms with Crippen molar-refractivity contribution in [3.63, 3.8) is 0 Å². The molecule has 0 saturated carbocycles. The summed E-state index contributed by atoms with van der Waals surface area (Å²) in [6, 6.07) is 20.0. The van der Waals surface area contributed by atoms with Crippen molar-refractivity contribution in [1.82, 2.24) is 0 Å². The quantitative estimate of drug-likeness (QED) is 0.410.